The quantitative estimate of drug-likeness (QED) is 0.638. The summed E-state index contributed by atoms with van der Waals surface area (Å²) in [6, 6.07) is 10.9. The summed E-state index contributed by atoms with van der Waals surface area (Å²) in [4.78, 5) is 16.9. The summed E-state index contributed by atoms with van der Waals surface area (Å²) in [5, 5.41) is 7.57. The van der Waals surface area contributed by atoms with E-state index in [1.807, 2.05) is 32.9 Å². The van der Waals surface area contributed by atoms with Crippen molar-refractivity contribution in [3.8, 4) is 11.4 Å². The molecule has 1 N–H and O–H groups in total. The standard InChI is InChI=1S/C21H21ClFN3O2/c1-12(2)19(24-18(27)10-14-5-8-16(23)9-6-14)21-25-20(26-28-21)15-7-4-13(3)17(22)11-15/h4-9,11-12,19H,10H2,1-3H3,(H,24,27)/t19-/m1/s1. The Labute approximate surface area is 167 Å². The number of amides is 1. The Morgan fingerprint density at radius 1 is 1.21 bits per heavy atom. The average molecular weight is 402 g/mol. The third-order valence-corrected chi connectivity index (χ3v) is 4.81. The van der Waals surface area contributed by atoms with Crippen molar-refractivity contribution >= 4 is 17.5 Å². The smallest absolute Gasteiger partial charge is 0.249 e. The molecule has 3 rings (SSSR count). The lowest BCUT2D eigenvalue weighted by Crippen LogP contribution is -2.33. The summed E-state index contributed by atoms with van der Waals surface area (Å²) in [5.74, 6) is 0.235. The molecule has 0 aliphatic rings. The number of nitrogens with one attached hydrogen (secondary N) is 1. The Bertz CT molecular complexity index is 970. The molecule has 0 spiro atoms. The van der Waals surface area contributed by atoms with Crippen molar-refractivity contribution in [3.05, 3.63) is 70.3 Å². The first-order chi connectivity index (χ1) is 13.3. The van der Waals surface area contributed by atoms with Gasteiger partial charge in [0.05, 0.1) is 6.42 Å². The molecule has 1 aromatic heterocycles. The molecule has 146 valence electrons. The Morgan fingerprint density at radius 3 is 2.57 bits per heavy atom. The summed E-state index contributed by atoms with van der Waals surface area (Å²) in [6.45, 7) is 5.82. The fraction of sp³-hybridized carbons (Fsp3) is 0.286. The summed E-state index contributed by atoms with van der Waals surface area (Å²) in [5.41, 5.74) is 2.43. The van der Waals surface area contributed by atoms with Crippen LogP contribution < -0.4 is 5.32 Å². The number of rotatable bonds is 6. The fourth-order valence-corrected chi connectivity index (χ4v) is 2.92. The van der Waals surface area contributed by atoms with Gasteiger partial charge in [0, 0.05) is 10.6 Å². The molecule has 7 heteroatoms. The Hall–Kier alpha value is -2.73. The summed E-state index contributed by atoms with van der Waals surface area (Å²) in [6.07, 6.45) is 0.137. The van der Waals surface area contributed by atoms with E-state index < -0.39 is 6.04 Å². The summed E-state index contributed by atoms with van der Waals surface area (Å²) >= 11 is 6.17. The van der Waals surface area contributed by atoms with E-state index in [-0.39, 0.29) is 24.1 Å². The number of halogens is 2. The number of nitrogens with zero attached hydrogens (tertiary/aromatic N) is 2. The molecule has 0 unspecified atom stereocenters. The fourth-order valence-electron chi connectivity index (χ4n) is 2.74. The third kappa shape index (κ3) is 4.75. The average Bonchev–Trinajstić information content (AvgIpc) is 3.13. The van der Waals surface area contributed by atoms with Crippen LogP contribution in [0.25, 0.3) is 11.4 Å². The Morgan fingerprint density at radius 2 is 1.93 bits per heavy atom. The molecule has 0 saturated heterocycles. The highest BCUT2D eigenvalue weighted by molar-refractivity contribution is 6.31. The number of benzene rings is 2. The molecule has 0 aliphatic heterocycles. The Balaban J connectivity index is 1.75. The van der Waals surface area contributed by atoms with Crippen molar-refractivity contribution < 1.29 is 13.7 Å². The van der Waals surface area contributed by atoms with Gasteiger partial charge < -0.3 is 9.84 Å². The molecule has 1 atom stereocenters. The van der Waals surface area contributed by atoms with Gasteiger partial charge in [0.1, 0.15) is 11.9 Å². The molecule has 2 aromatic carbocycles. The maximum absolute atomic E-state index is 13.0. The van der Waals surface area contributed by atoms with Gasteiger partial charge in [-0.25, -0.2) is 4.39 Å². The van der Waals surface area contributed by atoms with E-state index in [9.17, 15) is 9.18 Å². The van der Waals surface area contributed by atoms with Crippen LogP contribution in [0.1, 0.15) is 36.9 Å². The van der Waals surface area contributed by atoms with Gasteiger partial charge in [0.25, 0.3) is 0 Å². The first-order valence-corrected chi connectivity index (χ1v) is 9.35. The van der Waals surface area contributed by atoms with E-state index in [1.165, 1.54) is 12.1 Å². The number of aromatic nitrogens is 2. The van der Waals surface area contributed by atoms with Gasteiger partial charge >= 0.3 is 0 Å². The van der Waals surface area contributed by atoms with E-state index in [0.29, 0.717) is 16.7 Å². The van der Waals surface area contributed by atoms with Crippen LogP contribution >= 0.6 is 11.6 Å². The first kappa shape index (κ1) is 20.0. The second-order valence-corrected chi connectivity index (χ2v) is 7.42. The largest absolute Gasteiger partial charge is 0.344 e. The van der Waals surface area contributed by atoms with E-state index in [0.717, 1.165) is 16.7 Å². The van der Waals surface area contributed by atoms with Gasteiger partial charge in [-0.3, -0.25) is 4.79 Å². The molecule has 0 bridgehead atoms. The second kappa shape index (κ2) is 8.52. The van der Waals surface area contributed by atoms with Crippen molar-refractivity contribution in [2.24, 2.45) is 5.92 Å². The lowest BCUT2D eigenvalue weighted by atomic mass is 10.0. The summed E-state index contributed by atoms with van der Waals surface area (Å²) in [7, 11) is 0. The van der Waals surface area contributed by atoms with E-state index in [4.69, 9.17) is 16.1 Å². The van der Waals surface area contributed by atoms with Crippen molar-refractivity contribution in [3.63, 3.8) is 0 Å². The van der Waals surface area contributed by atoms with Crippen LogP contribution in [0, 0.1) is 18.7 Å². The lowest BCUT2D eigenvalue weighted by Gasteiger charge is -2.18. The van der Waals surface area contributed by atoms with Crippen molar-refractivity contribution in [2.45, 2.75) is 33.2 Å². The minimum absolute atomic E-state index is 0.0343. The van der Waals surface area contributed by atoms with Gasteiger partial charge in [0.2, 0.25) is 17.6 Å². The summed E-state index contributed by atoms with van der Waals surface area (Å²) < 4.78 is 18.4. The zero-order valence-electron chi connectivity index (χ0n) is 15.9. The van der Waals surface area contributed by atoms with Gasteiger partial charge in [0.15, 0.2) is 0 Å². The SMILES string of the molecule is Cc1ccc(-c2noc([C@H](NC(=O)Cc3ccc(F)cc3)C(C)C)n2)cc1Cl. The van der Waals surface area contributed by atoms with Crippen LogP contribution in [0.5, 0.6) is 0 Å². The molecule has 0 radical (unpaired) electrons. The molecule has 0 aliphatic carbocycles. The molecule has 1 amide bonds. The van der Waals surface area contributed by atoms with Crippen LogP contribution in [0.15, 0.2) is 47.0 Å². The molecule has 3 aromatic rings. The second-order valence-electron chi connectivity index (χ2n) is 7.01. The Kier molecular flexibility index (Phi) is 6.09. The van der Waals surface area contributed by atoms with Crippen molar-refractivity contribution in [1.82, 2.24) is 15.5 Å². The van der Waals surface area contributed by atoms with E-state index in [2.05, 4.69) is 15.5 Å². The monoisotopic (exact) mass is 401 g/mol. The third-order valence-electron chi connectivity index (χ3n) is 4.40. The minimum Gasteiger partial charge on any atom is -0.344 e. The van der Waals surface area contributed by atoms with Gasteiger partial charge in [-0.1, -0.05) is 54.9 Å². The maximum Gasteiger partial charge on any atom is 0.249 e. The number of hydrogen-bond donors (Lipinski definition) is 1. The highest BCUT2D eigenvalue weighted by Gasteiger charge is 2.25. The van der Waals surface area contributed by atoms with Crippen molar-refractivity contribution in [2.75, 3.05) is 0 Å². The number of carbonyl (C=O) groups excluding carboxylic acids is 1. The predicted molar refractivity (Wildman–Crippen MR) is 105 cm³/mol. The van der Waals surface area contributed by atoms with Crippen LogP contribution in [0.3, 0.4) is 0 Å². The maximum atomic E-state index is 13.0. The van der Waals surface area contributed by atoms with Crippen molar-refractivity contribution in [1.29, 1.82) is 0 Å². The van der Waals surface area contributed by atoms with Gasteiger partial charge in [-0.15, -0.1) is 0 Å². The highest BCUT2D eigenvalue weighted by Crippen LogP contribution is 2.26. The number of hydrogen-bond acceptors (Lipinski definition) is 4. The first-order valence-electron chi connectivity index (χ1n) is 8.97. The normalized spacial score (nSPS) is 12.2. The zero-order valence-corrected chi connectivity index (χ0v) is 16.6. The molecule has 0 saturated carbocycles. The van der Waals surface area contributed by atoms with Gasteiger partial charge in [-0.2, -0.15) is 4.98 Å². The van der Waals surface area contributed by atoms with Crippen LogP contribution in [0.2, 0.25) is 5.02 Å². The van der Waals surface area contributed by atoms with Crippen LogP contribution in [0.4, 0.5) is 4.39 Å². The predicted octanol–water partition coefficient (Wildman–Crippen LogP) is 4.89. The minimum atomic E-state index is -0.435. The molecule has 1 heterocycles. The number of aryl methyl sites for hydroxylation is 1. The van der Waals surface area contributed by atoms with Crippen LogP contribution in [-0.2, 0) is 11.2 Å². The molecular formula is C21H21ClFN3O2. The number of carbonyl (C=O) groups is 1. The van der Waals surface area contributed by atoms with E-state index in [1.54, 1.807) is 18.2 Å². The highest BCUT2D eigenvalue weighted by atomic mass is 35.5. The molecule has 0 fully saturated rings. The molecule has 28 heavy (non-hydrogen) atoms. The topological polar surface area (TPSA) is 68.0 Å². The lowest BCUT2D eigenvalue weighted by molar-refractivity contribution is -0.121. The van der Waals surface area contributed by atoms with Crippen LogP contribution in [-0.4, -0.2) is 16.0 Å². The molecule has 5 nitrogen and oxygen atoms in total. The van der Waals surface area contributed by atoms with Gasteiger partial charge in [-0.05, 0) is 42.2 Å². The zero-order chi connectivity index (χ0) is 20.3. The molecular weight excluding hydrogens is 381 g/mol. The van der Waals surface area contributed by atoms with E-state index >= 15 is 0 Å².